The third kappa shape index (κ3) is 1.76. The quantitative estimate of drug-likeness (QED) is 0.739. The van der Waals surface area contributed by atoms with Crippen molar-refractivity contribution in [1.82, 2.24) is 0 Å². The van der Waals surface area contributed by atoms with Crippen molar-refractivity contribution in [1.29, 1.82) is 0 Å². The van der Waals surface area contributed by atoms with Crippen LogP contribution in [-0.4, -0.2) is 17.0 Å². The van der Waals surface area contributed by atoms with E-state index in [2.05, 4.69) is 10.2 Å². The van der Waals surface area contributed by atoms with Gasteiger partial charge < -0.3 is 5.11 Å². The van der Waals surface area contributed by atoms with Gasteiger partial charge >= 0.3 is 5.97 Å². The van der Waals surface area contributed by atoms with Crippen molar-refractivity contribution in [2.75, 3.05) is 0 Å². The molecule has 1 N–H and O–H groups in total. The minimum absolute atomic E-state index is 0.208. The molecule has 0 bridgehead atoms. The number of azo groups is 1. The van der Waals surface area contributed by atoms with Crippen molar-refractivity contribution >= 4 is 11.9 Å². The molecule has 1 aliphatic heterocycles. The highest BCUT2D eigenvalue weighted by Crippen LogP contribution is 2.29. The average molecular weight is 204 g/mol. The zero-order valence-electron chi connectivity index (χ0n) is 7.75. The first-order valence-corrected chi connectivity index (χ1v) is 4.44. The predicted octanol–water partition coefficient (Wildman–Crippen LogP) is 1.45. The third-order valence-corrected chi connectivity index (χ3v) is 2.21. The lowest BCUT2D eigenvalue weighted by atomic mass is 9.90. The van der Waals surface area contributed by atoms with Gasteiger partial charge in [-0.25, -0.2) is 0 Å². The number of hydrogen-bond donors (Lipinski definition) is 1. The molecule has 15 heavy (non-hydrogen) atoms. The number of carbonyl (C=O) groups is 2. The van der Waals surface area contributed by atoms with Crippen LogP contribution < -0.4 is 0 Å². The lowest BCUT2D eigenvalue weighted by Crippen LogP contribution is -2.18. The maximum absolute atomic E-state index is 11.3. The summed E-state index contributed by atoms with van der Waals surface area (Å²) in [5.74, 6) is -1.78. The Morgan fingerprint density at radius 1 is 1.40 bits per heavy atom. The predicted molar refractivity (Wildman–Crippen MR) is 50.9 cm³/mol. The second kappa shape index (κ2) is 3.61. The van der Waals surface area contributed by atoms with E-state index in [1.807, 2.05) is 0 Å². The van der Waals surface area contributed by atoms with E-state index in [4.69, 9.17) is 5.11 Å². The molecule has 0 saturated carbocycles. The SMILES string of the molecule is O=C(O)CC1=C2C=CC=CC2C(=O)N=N1. The Hall–Kier alpha value is -2.04. The molecule has 2 rings (SSSR count). The van der Waals surface area contributed by atoms with E-state index < -0.39 is 11.9 Å². The number of rotatable bonds is 2. The van der Waals surface area contributed by atoms with Crippen molar-refractivity contribution in [3.8, 4) is 0 Å². The van der Waals surface area contributed by atoms with Crippen molar-refractivity contribution < 1.29 is 14.7 Å². The fourth-order valence-electron chi connectivity index (χ4n) is 1.54. The number of carboxylic acids is 1. The summed E-state index contributed by atoms with van der Waals surface area (Å²) in [4.78, 5) is 21.9. The summed E-state index contributed by atoms with van der Waals surface area (Å²) in [6.45, 7) is 0. The van der Waals surface area contributed by atoms with Crippen molar-refractivity contribution in [2.45, 2.75) is 6.42 Å². The minimum Gasteiger partial charge on any atom is -0.481 e. The molecule has 0 fully saturated rings. The Morgan fingerprint density at radius 3 is 2.93 bits per heavy atom. The fourth-order valence-corrected chi connectivity index (χ4v) is 1.54. The van der Waals surface area contributed by atoms with Crippen LogP contribution in [0.5, 0.6) is 0 Å². The summed E-state index contributed by atoms with van der Waals surface area (Å²) < 4.78 is 0. The topological polar surface area (TPSA) is 79.1 Å². The third-order valence-electron chi connectivity index (χ3n) is 2.21. The van der Waals surface area contributed by atoms with Gasteiger partial charge in [-0.2, -0.15) is 5.11 Å². The highest BCUT2D eigenvalue weighted by molar-refractivity contribution is 5.87. The number of fused-ring (bicyclic) bond motifs is 1. The van der Waals surface area contributed by atoms with E-state index in [0.29, 0.717) is 11.3 Å². The Bertz CT molecular complexity index is 444. The number of carbonyl (C=O) groups excluding carboxylic acids is 1. The Kier molecular flexibility index (Phi) is 2.29. The average Bonchev–Trinajstić information content (AvgIpc) is 2.22. The van der Waals surface area contributed by atoms with Crippen LogP contribution in [0.3, 0.4) is 0 Å². The van der Waals surface area contributed by atoms with Crippen LogP contribution in [0.2, 0.25) is 0 Å². The molecule has 0 aromatic carbocycles. The van der Waals surface area contributed by atoms with Gasteiger partial charge in [0.1, 0.15) is 0 Å². The molecule has 76 valence electrons. The molecular weight excluding hydrogens is 196 g/mol. The number of carboxylic acid groups (broad SMARTS) is 1. The van der Waals surface area contributed by atoms with E-state index in [-0.39, 0.29) is 12.3 Å². The summed E-state index contributed by atoms with van der Waals surface area (Å²) in [5.41, 5.74) is 0.993. The normalized spacial score (nSPS) is 23.2. The molecule has 0 aromatic rings. The lowest BCUT2D eigenvalue weighted by molar-refractivity contribution is -0.136. The van der Waals surface area contributed by atoms with Crippen LogP contribution in [0, 0.1) is 5.92 Å². The summed E-state index contributed by atoms with van der Waals surface area (Å²) in [7, 11) is 0. The summed E-state index contributed by atoms with van der Waals surface area (Å²) in [6.07, 6.45) is 6.69. The zero-order valence-corrected chi connectivity index (χ0v) is 7.75. The maximum Gasteiger partial charge on any atom is 0.309 e. The molecule has 1 amide bonds. The standard InChI is InChI=1S/C10H8N2O3/c13-9(14)5-8-6-3-1-2-4-7(6)10(15)12-11-8/h1-4,7H,5H2,(H,13,14). The largest absolute Gasteiger partial charge is 0.481 e. The first-order chi connectivity index (χ1) is 7.18. The summed E-state index contributed by atoms with van der Waals surface area (Å²) in [5, 5.41) is 15.7. The Labute approximate surface area is 85.5 Å². The zero-order chi connectivity index (χ0) is 10.8. The van der Waals surface area contributed by atoms with E-state index >= 15 is 0 Å². The first-order valence-electron chi connectivity index (χ1n) is 4.44. The van der Waals surface area contributed by atoms with E-state index in [1.54, 1.807) is 24.3 Å². The van der Waals surface area contributed by atoms with E-state index in [1.165, 1.54) is 0 Å². The molecule has 1 atom stereocenters. The van der Waals surface area contributed by atoms with Gasteiger partial charge in [0.2, 0.25) is 0 Å². The molecule has 0 radical (unpaired) electrons. The number of amides is 1. The molecule has 1 heterocycles. The number of aliphatic carboxylic acids is 1. The van der Waals surface area contributed by atoms with Crippen LogP contribution in [0.4, 0.5) is 0 Å². The number of allylic oxidation sites excluding steroid dienone is 3. The van der Waals surface area contributed by atoms with Crippen LogP contribution in [0.25, 0.3) is 0 Å². The van der Waals surface area contributed by atoms with Crippen LogP contribution >= 0.6 is 0 Å². The van der Waals surface area contributed by atoms with E-state index in [0.717, 1.165) is 0 Å². The molecule has 1 aliphatic carbocycles. The van der Waals surface area contributed by atoms with Crippen molar-refractivity contribution in [2.24, 2.45) is 16.1 Å². The van der Waals surface area contributed by atoms with Gasteiger partial charge in [-0.05, 0) is 5.57 Å². The van der Waals surface area contributed by atoms with Gasteiger partial charge in [-0.15, -0.1) is 5.11 Å². The van der Waals surface area contributed by atoms with Crippen LogP contribution in [0.1, 0.15) is 6.42 Å². The van der Waals surface area contributed by atoms with Crippen LogP contribution in [0.15, 0.2) is 45.8 Å². The molecule has 5 heteroatoms. The minimum atomic E-state index is -0.979. The molecule has 0 saturated heterocycles. The molecule has 0 aromatic heterocycles. The monoisotopic (exact) mass is 204 g/mol. The van der Waals surface area contributed by atoms with Gasteiger partial charge in [0.15, 0.2) is 0 Å². The van der Waals surface area contributed by atoms with Gasteiger partial charge in [0.05, 0.1) is 18.0 Å². The van der Waals surface area contributed by atoms with Gasteiger partial charge in [-0.3, -0.25) is 9.59 Å². The second-order valence-electron chi connectivity index (χ2n) is 3.23. The lowest BCUT2D eigenvalue weighted by Gasteiger charge is -2.18. The second-order valence-corrected chi connectivity index (χ2v) is 3.23. The molecule has 1 unspecified atom stereocenters. The smallest absolute Gasteiger partial charge is 0.309 e. The summed E-state index contributed by atoms with van der Waals surface area (Å²) in [6, 6.07) is 0. The van der Waals surface area contributed by atoms with Gasteiger partial charge in [-0.1, -0.05) is 24.3 Å². The van der Waals surface area contributed by atoms with Crippen LogP contribution in [-0.2, 0) is 9.59 Å². The molecule has 2 aliphatic rings. The molecule has 5 nitrogen and oxygen atoms in total. The van der Waals surface area contributed by atoms with Gasteiger partial charge in [0.25, 0.3) is 5.91 Å². The van der Waals surface area contributed by atoms with E-state index in [9.17, 15) is 9.59 Å². The molecular formula is C10H8N2O3. The molecule has 0 spiro atoms. The maximum atomic E-state index is 11.3. The summed E-state index contributed by atoms with van der Waals surface area (Å²) >= 11 is 0. The first kappa shape index (κ1) is 9.51. The highest BCUT2D eigenvalue weighted by Gasteiger charge is 2.27. The highest BCUT2D eigenvalue weighted by atomic mass is 16.4. The van der Waals surface area contributed by atoms with Crippen molar-refractivity contribution in [3.63, 3.8) is 0 Å². The Balaban J connectivity index is 2.40. The number of hydrogen-bond acceptors (Lipinski definition) is 3. The Morgan fingerprint density at radius 2 is 2.20 bits per heavy atom. The number of nitrogens with zero attached hydrogens (tertiary/aromatic N) is 2. The van der Waals surface area contributed by atoms with Gasteiger partial charge in [0, 0.05) is 0 Å². The van der Waals surface area contributed by atoms with Crippen molar-refractivity contribution in [3.05, 3.63) is 35.6 Å². The fraction of sp³-hybridized carbons (Fsp3) is 0.200.